The number of amides is 2. The van der Waals surface area contributed by atoms with Crippen molar-refractivity contribution in [3.63, 3.8) is 0 Å². The molecular weight excluding hydrogens is 459 g/mol. The number of carbonyl (C=O) groups is 2. The van der Waals surface area contributed by atoms with Gasteiger partial charge in [-0.1, -0.05) is 53.6 Å². The highest BCUT2D eigenvalue weighted by atomic mass is 35.5. The minimum Gasteiger partial charge on any atom is -0.492 e. The quantitative estimate of drug-likeness (QED) is 0.398. The molecule has 0 fully saturated rings. The van der Waals surface area contributed by atoms with Crippen LogP contribution in [0.5, 0.6) is 5.75 Å². The molecule has 0 bridgehead atoms. The van der Waals surface area contributed by atoms with E-state index in [2.05, 4.69) is 20.8 Å². The average molecular weight is 479 g/mol. The molecule has 0 saturated heterocycles. The highest BCUT2D eigenvalue weighted by Gasteiger charge is 2.15. The molecule has 3 rings (SSSR count). The monoisotopic (exact) mass is 478 g/mol. The summed E-state index contributed by atoms with van der Waals surface area (Å²) in [6.45, 7) is 2.28. The number of aromatic nitrogens is 2. The Balaban J connectivity index is 1.52. The zero-order chi connectivity index (χ0) is 22.2. The summed E-state index contributed by atoms with van der Waals surface area (Å²) >= 11 is 13.2. The van der Waals surface area contributed by atoms with Crippen molar-refractivity contribution in [2.24, 2.45) is 0 Å². The summed E-state index contributed by atoms with van der Waals surface area (Å²) < 4.78 is 5.59. The fraction of sp³-hybridized carbons (Fsp3) is 0.238. The van der Waals surface area contributed by atoms with E-state index in [-0.39, 0.29) is 18.2 Å². The molecule has 2 N–H and O–H groups in total. The molecule has 0 atom stereocenters. The summed E-state index contributed by atoms with van der Waals surface area (Å²) in [5, 5.41) is 15.6. The smallest absolute Gasteiger partial charge is 0.259 e. The molecule has 0 saturated carbocycles. The van der Waals surface area contributed by atoms with Gasteiger partial charge in [-0.2, -0.15) is 0 Å². The summed E-state index contributed by atoms with van der Waals surface area (Å²) in [6, 6.07) is 11.7. The molecule has 1 aromatic heterocycles. The third-order valence-corrected chi connectivity index (χ3v) is 5.65. The van der Waals surface area contributed by atoms with E-state index in [4.69, 9.17) is 27.9 Å². The SMILES string of the molecule is CCc1nnc(NC(=O)c2ccccc2NC(=O)CCCOc2ccc(Cl)cc2Cl)s1. The van der Waals surface area contributed by atoms with Gasteiger partial charge in [0.1, 0.15) is 10.8 Å². The largest absolute Gasteiger partial charge is 0.492 e. The predicted octanol–water partition coefficient (Wildman–Crippen LogP) is 5.46. The number of rotatable bonds is 9. The van der Waals surface area contributed by atoms with Crippen LogP contribution in [0.2, 0.25) is 10.0 Å². The third kappa shape index (κ3) is 6.65. The van der Waals surface area contributed by atoms with Crippen LogP contribution in [0.3, 0.4) is 0 Å². The molecule has 0 unspecified atom stereocenters. The highest BCUT2D eigenvalue weighted by molar-refractivity contribution is 7.15. The molecule has 0 aliphatic heterocycles. The second-order valence-corrected chi connectivity index (χ2v) is 8.33. The Bertz CT molecular complexity index is 1070. The van der Waals surface area contributed by atoms with E-state index in [1.54, 1.807) is 42.5 Å². The Labute approximate surface area is 193 Å². The first-order valence-corrected chi connectivity index (χ1v) is 11.1. The van der Waals surface area contributed by atoms with Gasteiger partial charge in [0, 0.05) is 11.4 Å². The maximum atomic E-state index is 12.6. The van der Waals surface area contributed by atoms with Crippen LogP contribution in [0.1, 0.15) is 35.1 Å². The third-order valence-electron chi connectivity index (χ3n) is 4.14. The molecule has 1 heterocycles. The number of anilines is 2. The Kier molecular flexibility index (Phi) is 8.22. The van der Waals surface area contributed by atoms with Gasteiger partial charge in [-0.05, 0) is 43.2 Å². The number of nitrogens with zero attached hydrogens (tertiary/aromatic N) is 2. The second kappa shape index (κ2) is 11.1. The first-order valence-electron chi connectivity index (χ1n) is 9.56. The molecule has 2 amide bonds. The van der Waals surface area contributed by atoms with Crippen molar-refractivity contribution < 1.29 is 14.3 Å². The molecule has 10 heteroatoms. The second-order valence-electron chi connectivity index (χ2n) is 6.43. The van der Waals surface area contributed by atoms with Crippen molar-refractivity contribution in [2.45, 2.75) is 26.2 Å². The van der Waals surface area contributed by atoms with Gasteiger partial charge in [-0.3, -0.25) is 14.9 Å². The van der Waals surface area contributed by atoms with Crippen LogP contribution in [-0.4, -0.2) is 28.6 Å². The number of nitrogens with one attached hydrogen (secondary N) is 2. The lowest BCUT2D eigenvalue weighted by atomic mass is 10.1. The van der Waals surface area contributed by atoms with Gasteiger partial charge in [-0.25, -0.2) is 0 Å². The maximum absolute atomic E-state index is 12.6. The lowest BCUT2D eigenvalue weighted by Crippen LogP contribution is -2.18. The Morgan fingerprint density at radius 1 is 1.10 bits per heavy atom. The lowest BCUT2D eigenvalue weighted by molar-refractivity contribution is -0.116. The van der Waals surface area contributed by atoms with Crippen molar-refractivity contribution in [3.8, 4) is 5.75 Å². The van der Waals surface area contributed by atoms with Crippen molar-refractivity contribution in [2.75, 3.05) is 17.2 Å². The van der Waals surface area contributed by atoms with E-state index in [1.165, 1.54) is 11.3 Å². The summed E-state index contributed by atoms with van der Waals surface area (Å²) in [5.41, 5.74) is 0.764. The van der Waals surface area contributed by atoms with E-state index in [1.807, 2.05) is 6.92 Å². The number of carbonyl (C=O) groups excluding carboxylic acids is 2. The van der Waals surface area contributed by atoms with Crippen LogP contribution < -0.4 is 15.4 Å². The Morgan fingerprint density at radius 2 is 1.90 bits per heavy atom. The number of halogens is 2. The maximum Gasteiger partial charge on any atom is 0.259 e. The van der Waals surface area contributed by atoms with E-state index < -0.39 is 0 Å². The zero-order valence-corrected chi connectivity index (χ0v) is 19.0. The number of benzene rings is 2. The number of hydrogen-bond donors (Lipinski definition) is 2. The Hall–Kier alpha value is -2.68. The van der Waals surface area contributed by atoms with Gasteiger partial charge in [0.25, 0.3) is 5.91 Å². The summed E-state index contributed by atoms with van der Waals surface area (Å²) in [7, 11) is 0. The number of hydrogen-bond acceptors (Lipinski definition) is 6. The van der Waals surface area contributed by atoms with Gasteiger partial charge in [-0.15, -0.1) is 10.2 Å². The molecule has 3 aromatic rings. The molecule has 0 aliphatic rings. The fourth-order valence-corrected chi connectivity index (χ4v) is 3.76. The minimum atomic E-state index is -0.365. The van der Waals surface area contributed by atoms with Crippen LogP contribution in [0.25, 0.3) is 0 Å². The molecule has 7 nitrogen and oxygen atoms in total. The molecule has 31 heavy (non-hydrogen) atoms. The topological polar surface area (TPSA) is 93.2 Å². The summed E-state index contributed by atoms with van der Waals surface area (Å²) in [5.74, 6) is -0.0814. The average Bonchev–Trinajstić information content (AvgIpc) is 3.20. The van der Waals surface area contributed by atoms with E-state index in [9.17, 15) is 9.59 Å². The molecule has 0 radical (unpaired) electrons. The molecule has 0 aliphatic carbocycles. The van der Waals surface area contributed by atoms with Crippen molar-refractivity contribution >= 4 is 57.2 Å². The number of aryl methyl sites for hydroxylation is 1. The lowest BCUT2D eigenvalue weighted by Gasteiger charge is -2.11. The summed E-state index contributed by atoms with van der Waals surface area (Å²) in [4.78, 5) is 25.0. The van der Waals surface area contributed by atoms with Gasteiger partial charge in [0.2, 0.25) is 11.0 Å². The highest BCUT2D eigenvalue weighted by Crippen LogP contribution is 2.27. The van der Waals surface area contributed by atoms with E-state index in [0.717, 1.165) is 11.4 Å². The van der Waals surface area contributed by atoms with Crippen LogP contribution in [0.4, 0.5) is 10.8 Å². The molecular formula is C21H20Cl2N4O3S. The first kappa shape index (κ1) is 23.0. The fourth-order valence-electron chi connectivity index (χ4n) is 2.62. The predicted molar refractivity (Wildman–Crippen MR) is 124 cm³/mol. The van der Waals surface area contributed by atoms with Crippen LogP contribution in [0, 0.1) is 0 Å². The van der Waals surface area contributed by atoms with E-state index in [0.29, 0.717) is 45.2 Å². The molecule has 2 aromatic carbocycles. The van der Waals surface area contributed by atoms with Crippen molar-refractivity contribution in [1.82, 2.24) is 10.2 Å². The summed E-state index contributed by atoms with van der Waals surface area (Å²) in [6.07, 6.45) is 1.44. The van der Waals surface area contributed by atoms with Crippen LogP contribution >= 0.6 is 34.5 Å². The normalized spacial score (nSPS) is 10.5. The standard InChI is InChI=1S/C21H20Cl2N4O3S/c1-2-19-26-27-21(31-19)25-20(29)14-6-3-4-7-16(14)24-18(28)8-5-11-30-17-10-9-13(22)12-15(17)23/h3-4,6-7,9-10,12H,2,5,8,11H2,1H3,(H,24,28)(H,25,27,29). The molecule has 162 valence electrons. The van der Waals surface area contributed by atoms with Crippen molar-refractivity contribution in [3.05, 3.63) is 63.1 Å². The van der Waals surface area contributed by atoms with Crippen LogP contribution in [-0.2, 0) is 11.2 Å². The number of para-hydroxylation sites is 1. The minimum absolute atomic E-state index is 0.220. The zero-order valence-electron chi connectivity index (χ0n) is 16.7. The van der Waals surface area contributed by atoms with Gasteiger partial charge >= 0.3 is 0 Å². The number of ether oxygens (including phenoxy) is 1. The van der Waals surface area contributed by atoms with Gasteiger partial charge in [0.05, 0.1) is 22.9 Å². The molecule has 0 spiro atoms. The van der Waals surface area contributed by atoms with Gasteiger partial charge in [0.15, 0.2) is 0 Å². The first-order chi connectivity index (χ1) is 15.0. The van der Waals surface area contributed by atoms with E-state index >= 15 is 0 Å². The van der Waals surface area contributed by atoms with Gasteiger partial charge < -0.3 is 10.1 Å². The van der Waals surface area contributed by atoms with Crippen molar-refractivity contribution in [1.29, 1.82) is 0 Å². The van der Waals surface area contributed by atoms with Crippen LogP contribution in [0.15, 0.2) is 42.5 Å². The Morgan fingerprint density at radius 3 is 2.65 bits per heavy atom.